The molecule has 0 bridgehead atoms. The number of aromatic nitrogens is 2. The minimum Gasteiger partial charge on any atom is -0.450 e. The van der Waals surface area contributed by atoms with Gasteiger partial charge in [0, 0.05) is 52.0 Å². The molecule has 1 fully saturated rings. The number of piperidine rings is 1. The standard InChI is InChI=1S/C21H37N7O3/c1-6-31-21(30)27-12-8-18(9-13-27)24-20(23-15-19(29)26(4)5)22-10-7-11-28-17(3)14-16(2)25-28/h14,18H,6-13,15H2,1-5H3,(H2,22,23,24). The molecular weight excluding hydrogens is 398 g/mol. The van der Waals surface area contributed by atoms with Crippen LogP contribution >= 0.6 is 0 Å². The number of carbonyl (C=O) groups is 2. The first-order chi connectivity index (χ1) is 14.8. The molecule has 0 aliphatic carbocycles. The fourth-order valence-electron chi connectivity index (χ4n) is 3.39. The normalized spacial score (nSPS) is 15.0. The van der Waals surface area contributed by atoms with Gasteiger partial charge < -0.3 is 25.2 Å². The first-order valence-electron chi connectivity index (χ1n) is 11.0. The van der Waals surface area contributed by atoms with Crippen LogP contribution in [0, 0.1) is 13.8 Å². The van der Waals surface area contributed by atoms with Crippen molar-refractivity contribution in [2.24, 2.45) is 4.99 Å². The molecule has 1 aliphatic rings. The molecule has 2 N–H and O–H groups in total. The number of nitrogens with one attached hydrogen (secondary N) is 2. The topological polar surface area (TPSA) is 104 Å². The molecule has 1 aromatic heterocycles. The van der Waals surface area contributed by atoms with Gasteiger partial charge in [0.05, 0.1) is 12.3 Å². The summed E-state index contributed by atoms with van der Waals surface area (Å²) in [7, 11) is 3.44. The van der Waals surface area contributed by atoms with E-state index in [-0.39, 0.29) is 24.6 Å². The maximum atomic E-state index is 12.0. The van der Waals surface area contributed by atoms with Crippen molar-refractivity contribution in [3.8, 4) is 0 Å². The Morgan fingerprint density at radius 2 is 2.00 bits per heavy atom. The van der Waals surface area contributed by atoms with E-state index in [9.17, 15) is 9.59 Å². The monoisotopic (exact) mass is 435 g/mol. The first kappa shape index (κ1) is 24.5. The summed E-state index contributed by atoms with van der Waals surface area (Å²) in [4.78, 5) is 31.6. The molecule has 2 amide bonds. The average Bonchev–Trinajstić information content (AvgIpc) is 3.06. The van der Waals surface area contributed by atoms with E-state index in [0.717, 1.165) is 37.2 Å². The van der Waals surface area contributed by atoms with Gasteiger partial charge >= 0.3 is 6.09 Å². The van der Waals surface area contributed by atoms with E-state index in [4.69, 9.17) is 4.74 Å². The lowest BCUT2D eigenvalue weighted by Gasteiger charge is -2.32. The zero-order valence-corrected chi connectivity index (χ0v) is 19.5. The van der Waals surface area contributed by atoms with Crippen LogP contribution in [0.3, 0.4) is 0 Å². The number of nitrogens with zero attached hydrogens (tertiary/aromatic N) is 5. The number of likely N-dealkylation sites (N-methyl/N-ethyl adjacent to an activating group) is 1. The molecule has 0 saturated carbocycles. The molecule has 0 radical (unpaired) electrons. The Kier molecular flexibility index (Phi) is 9.61. The van der Waals surface area contributed by atoms with Crippen molar-refractivity contribution in [2.75, 3.05) is 46.9 Å². The van der Waals surface area contributed by atoms with Crippen LogP contribution in [0.15, 0.2) is 11.1 Å². The van der Waals surface area contributed by atoms with Crippen molar-refractivity contribution >= 4 is 18.0 Å². The van der Waals surface area contributed by atoms with Crippen molar-refractivity contribution in [1.29, 1.82) is 0 Å². The second kappa shape index (κ2) is 12.2. The van der Waals surface area contributed by atoms with Crippen LogP contribution in [0.1, 0.15) is 37.6 Å². The number of guanidine groups is 1. The van der Waals surface area contributed by atoms with E-state index in [2.05, 4.69) is 33.7 Å². The van der Waals surface area contributed by atoms with Crippen LogP contribution in [-0.2, 0) is 16.1 Å². The third kappa shape index (κ3) is 8.10. The lowest BCUT2D eigenvalue weighted by Crippen LogP contribution is -2.50. The number of rotatable bonds is 8. The fourth-order valence-corrected chi connectivity index (χ4v) is 3.39. The summed E-state index contributed by atoms with van der Waals surface area (Å²) in [5, 5.41) is 11.2. The van der Waals surface area contributed by atoms with Gasteiger partial charge in [-0.15, -0.1) is 0 Å². The minimum atomic E-state index is -0.256. The summed E-state index contributed by atoms with van der Waals surface area (Å²) in [5.41, 5.74) is 2.17. The van der Waals surface area contributed by atoms with Gasteiger partial charge in [-0.25, -0.2) is 9.79 Å². The van der Waals surface area contributed by atoms with Crippen molar-refractivity contribution < 1.29 is 14.3 Å². The predicted molar refractivity (Wildman–Crippen MR) is 120 cm³/mol. The number of hydrogen-bond acceptors (Lipinski definition) is 5. The molecule has 2 rings (SSSR count). The van der Waals surface area contributed by atoms with Crippen LogP contribution in [0.25, 0.3) is 0 Å². The lowest BCUT2D eigenvalue weighted by molar-refractivity contribution is -0.127. The Morgan fingerprint density at radius 3 is 2.58 bits per heavy atom. The molecule has 0 aromatic carbocycles. The molecule has 1 saturated heterocycles. The predicted octanol–water partition coefficient (Wildman–Crippen LogP) is 1.13. The number of likely N-dealkylation sites (tertiary alicyclic amines) is 1. The Bertz CT molecular complexity index is 752. The quantitative estimate of drug-likeness (QED) is 0.360. The van der Waals surface area contributed by atoms with Gasteiger partial charge in [-0.05, 0) is 46.1 Å². The van der Waals surface area contributed by atoms with E-state index in [0.29, 0.717) is 32.2 Å². The van der Waals surface area contributed by atoms with E-state index in [1.165, 1.54) is 4.90 Å². The zero-order valence-electron chi connectivity index (χ0n) is 19.5. The molecule has 10 heteroatoms. The van der Waals surface area contributed by atoms with Crippen LogP contribution in [0.2, 0.25) is 0 Å². The van der Waals surface area contributed by atoms with E-state index in [1.807, 2.05) is 18.5 Å². The third-order valence-corrected chi connectivity index (χ3v) is 5.18. The summed E-state index contributed by atoms with van der Waals surface area (Å²) in [5.74, 6) is 0.569. The Labute approximate surface area is 185 Å². The van der Waals surface area contributed by atoms with Gasteiger partial charge in [-0.1, -0.05) is 0 Å². The van der Waals surface area contributed by atoms with Gasteiger partial charge in [-0.3, -0.25) is 9.48 Å². The van der Waals surface area contributed by atoms with Gasteiger partial charge in [0.2, 0.25) is 5.91 Å². The fraction of sp³-hybridized carbons (Fsp3) is 0.714. The van der Waals surface area contributed by atoms with Gasteiger partial charge in [-0.2, -0.15) is 5.10 Å². The summed E-state index contributed by atoms with van der Waals surface area (Å²) in [6, 6.07) is 2.25. The molecule has 174 valence electrons. The smallest absolute Gasteiger partial charge is 0.409 e. The molecule has 10 nitrogen and oxygen atoms in total. The highest BCUT2D eigenvalue weighted by molar-refractivity contribution is 5.85. The molecule has 31 heavy (non-hydrogen) atoms. The highest BCUT2D eigenvalue weighted by atomic mass is 16.6. The molecule has 2 heterocycles. The number of aryl methyl sites for hydroxylation is 3. The van der Waals surface area contributed by atoms with Crippen molar-refractivity contribution in [2.45, 2.75) is 52.6 Å². The molecular formula is C21H37N7O3. The number of amides is 2. The Hall–Kier alpha value is -2.78. The highest BCUT2D eigenvalue weighted by Gasteiger charge is 2.24. The number of aliphatic imine (C=N–C) groups is 1. The maximum absolute atomic E-state index is 12.0. The molecule has 0 atom stereocenters. The van der Waals surface area contributed by atoms with Crippen molar-refractivity contribution in [3.63, 3.8) is 0 Å². The number of carbonyl (C=O) groups excluding carboxylic acids is 2. The zero-order chi connectivity index (χ0) is 22.8. The molecule has 1 aliphatic heterocycles. The van der Waals surface area contributed by atoms with Crippen LogP contribution in [0.4, 0.5) is 4.79 Å². The molecule has 1 aromatic rings. The SMILES string of the molecule is CCOC(=O)N1CCC(NC(=NCC(=O)N(C)C)NCCCn2nc(C)cc2C)CC1. The molecule has 0 spiro atoms. The summed E-state index contributed by atoms with van der Waals surface area (Å²) in [6.07, 6.45) is 2.22. The van der Waals surface area contributed by atoms with E-state index >= 15 is 0 Å². The van der Waals surface area contributed by atoms with Crippen LogP contribution in [-0.4, -0.2) is 90.5 Å². The Morgan fingerprint density at radius 1 is 1.29 bits per heavy atom. The van der Waals surface area contributed by atoms with Crippen molar-refractivity contribution in [1.82, 2.24) is 30.2 Å². The van der Waals surface area contributed by atoms with Gasteiger partial charge in [0.15, 0.2) is 5.96 Å². The molecule has 0 unspecified atom stereocenters. The van der Waals surface area contributed by atoms with E-state index < -0.39 is 0 Å². The minimum absolute atomic E-state index is 0.0547. The van der Waals surface area contributed by atoms with Crippen LogP contribution in [0.5, 0.6) is 0 Å². The van der Waals surface area contributed by atoms with Crippen molar-refractivity contribution in [3.05, 3.63) is 17.5 Å². The highest BCUT2D eigenvalue weighted by Crippen LogP contribution is 2.11. The van der Waals surface area contributed by atoms with E-state index in [1.54, 1.807) is 19.0 Å². The largest absolute Gasteiger partial charge is 0.450 e. The second-order valence-corrected chi connectivity index (χ2v) is 7.99. The van der Waals surface area contributed by atoms with Gasteiger partial charge in [0.1, 0.15) is 6.54 Å². The summed E-state index contributed by atoms with van der Waals surface area (Å²) < 4.78 is 7.08. The summed E-state index contributed by atoms with van der Waals surface area (Å²) >= 11 is 0. The maximum Gasteiger partial charge on any atom is 0.409 e. The number of hydrogen-bond donors (Lipinski definition) is 2. The average molecular weight is 436 g/mol. The second-order valence-electron chi connectivity index (χ2n) is 7.99. The summed E-state index contributed by atoms with van der Waals surface area (Å²) in [6.45, 7) is 9.12. The Balaban J connectivity index is 1.86. The number of ether oxygens (including phenoxy) is 1. The lowest BCUT2D eigenvalue weighted by atomic mass is 10.1. The van der Waals surface area contributed by atoms with Crippen LogP contribution < -0.4 is 10.6 Å². The van der Waals surface area contributed by atoms with Gasteiger partial charge in [0.25, 0.3) is 0 Å². The third-order valence-electron chi connectivity index (χ3n) is 5.18. The first-order valence-corrected chi connectivity index (χ1v) is 11.0.